The van der Waals surface area contributed by atoms with E-state index in [9.17, 15) is 22.8 Å². The number of benzene rings is 2. The Morgan fingerprint density at radius 3 is 2.35 bits per heavy atom. The molecule has 0 unspecified atom stereocenters. The van der Waals surface area contributed by atoms with Gasteiger partial charge in [0.15, 0.2) is 5.78 Å². The molecule has 0 aliphatic rings. The summed E-state index contributed by atoms with van der Waals surface area (Å²) in [5.74, 6) is -1.18. The molecule has 0 aliphatic heterocycles. The summed E-state index contributed by atoms with van der Waals surface area (Å²) in [4.78, 5) is 36.9. The van der Waals surface area contributed by atoms with Crippen LogP contribution >= 0.6 is 0 Å². The SMILES string of the molecule is CC[C@H](C)NC(=O)c1ccccc1NC(=O)CN(c1cccc(C(C)=O)c1)S(C)(=O)=O. The van der Waals surface area contributed by atoms with Crippen LogP contribution in [-0.4, -0.2) is 44.9 Å². The lowest BCUT2D eigenvalue weighted by atomic mass is 10.1. The van der Waals surface area contributed by atoms with Crippen molar-refractivity contribution in [1.29, 1.82) is 0 Å². The van der Waals surface area contributed by atoms with E-state index in [1.807, 2.05) is 13.8 Å². The molecule has 31 heavy (non-hydrogen) atoms. The number of anilines is 2. The quantitative estimate of drug-likeness (QED) is 0.577. The van der Waals surface area contributed by atoms with Gasteiger partial charge in [0.25, 0.3) is 5.91 Å². The first kappa shape index (κ1) is 24.1. The van der Waals surface area contributed by atoms with Gasteiger partial charge in [0.05, 0.1) is 23.2 Å². The van der Waals surface area contributed by atoms with Crippen molar-refractivity contribution in [1.82, 2.24) is 5.32 Å². The fourth-order valence-electron chi connectivity index (χ4n) is 2.79. The maximum Gasteiger partial charge on any atom is 0.253 e. The first-order valence-electron chi connectivity index (χ1n) is 9.81. The third-order valence-electron chi connectivity index (χ3n) is 4.66. The summed E-state index contributed by atoms with van der Waals surface area (Å²) < 4.78 is 25.6. The summed E-state index contributed by atoms with van der Waals surface area (Å²) in [5, 5.41) is 5.46. The number of ketones is 1. The first-order chi connectivity index (χ1) is 14.5. The Morgan fingerprint density at radius 1 is 1.06 bits per heavy atom. The Kier molecular flexibility index (Phi) is 7.93. The van der Waals surface area contributed by atoms with Gasteiger partial charge in [-0.25, -0.2) is 8.42 Å². The minimum absolute atomic E-state index is 0.0365. The van der Waals surface area contributed by atoms with Crippen LogP contribution in [0.15, 0.2) is 48.5 Å². The number of carbonyl (C=O) groups is 3. The molecule has 9 heteroatoms. The van der Waals surface area contributed by atoms with E-state index in [0.29, 0.717) is 5.56 Å². The molecule has 1 atom stereocenters. The number of sulfonamides is 1. The van der Waals surface area contributed by atoms with Crippen molar-refractivity contribution in [2.75, 3.05) is 22.4 Å². The average molecular weight is 446 g/mol. The summed E-state index contributed by atoms with van der Waals surface area (Å²) in [6, 6.07) is 12.5. The zero-order valence-corrected chi connectivity index (χ0v) is 18.8. The monoisotopic (exact) mass is 445 g/mol. The summed E-state index contributed by atoms with van der Waals surface area (Å²) >= 11 is 0. The average Bonchev–Trinajstić information content (AvgIpc) is 2.71. The van der Waals surface area contributed by atoms with Gasteiger partial charge in [-0.05, 0) is 44.5 Å². The van der Waals surface area contributed by atoms with Crippen LogP contribution in [0.4, 0.5) is 11.4 Å². The number of nitrogens with zero attached hydrogens (tertiary/aromatic N) is 1. The molecule has 166 valence electrons. The summed E-state index contributed by atoms with van der Waals surface area (Å²) in [7, 11) is -3.81. The van der Waals surface area contributed by atoms with Crippen molar-refractivity contribution in [2.45, 2.75) is 33.2 Å². The van der Waals surface area contributed by atoms with E-state index < -0.39 is 22.5 Å². The number of Topliss-reactive ketones (excluding diaryl/α,β-unsaturated/α-hetero) is 1. The molecule has 8 nitrogen and oxygen atoms in total. The van der Waals surface area contributed by atoms with Gasteiger partial charge in [0.2, 0.25) is 15.9 Å². The van der Waals surface area contributed by atoms with Crippen LogP contribution in [-0.2, 0) is 14.8 Å². The van der Waals surface area contributed by atoms with Crippen molar-refractivity contribution < 1.29 is 22.8 Å². The maximum absolute atomic E-state index is 12.7. The molecule has 0 radical (unpaired) electrons. The van der Waals surface area contributed by atoms with Gasteiger partial charge in [-0.3, -0.25) is 18.7 Å². The molecule has 0 bridgehead atoms. The fraction of sp³-hybridized carbons (Fsp3) is 0.318. The van der Waals surface area contributed by atoms with E-state index in [4.69, 9.17) is 0 Å². The highest BCUT2D eigenvalue weighted by Crippen LogP contribution is 2.21. The standard InChI is InChI=1S/C22H27N3O5S/c1-5-15(2)23-22(28)19-11-6-7-12-20(19)24-21(27)14-25(31(4,29)30)18-10-8-9-17(13-18)16(3)26/h6-13,15H,5,14H2,1-4H3,(H,23,28)(H,24,27)/t15-/m0/s1. The predicted octanol–water partition coefficient (Wildman–Crippen LogP) is 2.82. The van der Waals surface area contributed by atoms with Crippen LogP contribution in [0.5, 0.6) is 0 Å². The molecule has 0 spiro atoms. The normalized spacial score (nSPS) is 12.0. The zero-order chi connectivity index (χ0) is 23.2. The van der Waals surface area contributed by atoms with Crippen molar-refractivity contribution in [3.8, 4) is 0 Å². The molecule has 2 rings (SSSR count). The van der Waals surface area contributed by atoms with Crippen molar-refractivity contribution in [3.63, 3.8) is 0 Å². The van der Waals surface area contributed by atoms with Crippen molar-refractivity contribution >= 4 is 39.0 Å². The van der Waals surface area contributed by atoms with Gasteiger partial charge >= 0.3 is 0 Å². The Balaban J connectivity index is 2.26. The number of rotatable bonds is 9. The van der Waals surface area contributed by atoms with E-state index in [0.717, 1.165) is 17.0 Å². The minimum Gasteiger partial charge on any atom is -0.350 e. The van der Waals surface area contributed by atoms with Crippen LogP contribution < -0.4 is 14.9 Å². The van der Waals surface area contributed by atoms with Gasteiger partial charge < -0.3 is 10.6 Å². The van der Waals surface area contributed by atoms with Crippen molar-refractivity contribution in [2.24, 2.45) is 0 Å². The molecule has 2 amide bonds. The molecule has 2 N–H and O–H groups in total. The molecule has 0 saturated carbocycles. The van der Waals surface area contributed by atoms with E-state index >= 15 is 0 Å². The largest absolute Gasteiger partial charge is 0.350 e. The summed E-state index contributed by atoms with van der Waals surface area (Å²) in [6.45, 7) is 4.68. The Morgan fingerprint density at radius 2 is 1.74 bits per heavy atom. The van der Waals surface area contributed by atoms with E-state index in [2.05, 4.69) is 10.6 Å². The molecule has 0 fully saturated rings. The molecule has 2 aromatic rings. The van der Waals surface area contributed by atoms with Crippen LogP contribution in [0.3, 0.4) is 0 Å². The summed E-state index contributed by atoms with van der Waals surface area (Å²) in [5.41, 5.74) is 1.09. The lowest BCUT2D eigenvalue weighted by Gasteiger charge is -2.22. The van der Waals surface area contributed by atoms with Crippen LogP contribution in [0, 0.1) is 0 Å². The highest BCUT2D eigenvalue weighted by Gasteiger charge is 2.23. The third-order valence-corrected chi connectivity index (χ3v) is 5.80. The number of para-hydroxylation sites is 1. The Bertz CT molecular complexity index is 1080. The molecular weight excluding hydrogens is 418 g/mol. The Hall–Kier alpha value is -3.20. The number of hydrogen-bond acceptors (Lipinski definition) is 5. The molecular formula is C22H27N3O5S. The highest BCUT2D eigenvalue weighted by molar-refractivity contribution is 7.92. The molecule has 2 aromatic carbocycles. The highest BCUT2D eigenvalue weighted by atomic mass is 32.2. The number of amides is 2. The second-order valence-corrected chi connectivity index (χ2v) is 9.16. The second kappa shape index (κ2) is 10.2. The van der Waals surface area contributed by atoms with Gasteiger partial charge in [-0.15, -0.1) is 0 Å². The molecule has 0 saturated heterocycles. The van der Waals surface area contributed by atoms with E-state index in [1.165, 1.54) is 19.1 Å². The molecule has 0 heterocycles. The van der Waals surface area contributed by atoms with Gasteiger partial charge in [-0.2, -0.15) is 0 Å². The van der Waals surface area contributed by atoms with Gasteiger partial charge in [0.1, 0.15) is 6.54 Å². The smallest absolute Gasteiger partial charge is 0.253 e. The predicted molar refractivity (Wildman–Crippen MR) is 121 cm³/mol. The molecule has 0 aromatic heterocycles. The zero-order valence-electron chi connectivity index (χ0n) is 18.0. The lowest BCUT2D eigenvalue weighted by Crippen LogP contribution is -2.38. The lowest BCUT2D eigenvalue weighted by molar-refractivity contribution is -0.114. The molecule has 0 aliphatic carbocycles. The third kappa shape index (κ3) is 6.65. The summed E-state index contributed by atoms with van der Waals surface area (Å²) in [6.07, 6.45) is 1.73. The van der Waals surface area contributed by atoms with E-state index in [1.54, 1.807) is 36.4 Å². The maximum atomic E-state index is 12.7. The van der Waals surface area contributed by atoms with Gasteiger partial charge in [0, 0.05) is 11.6 Å². The number of nitrogens with one attached hydrogen (secondary N) is 2. The van der Waals surface area contributed by atoms with Crippen LogP contribution in [0.2, 0.25) is 0 Å². The van der Waals surface area contributed by atoms with Crippen LogP contribution in [0.1, 0.15) is 47.9 Å². The van der Waals surface area contributed by atoms with Crippen LogP contribution in [0.25, 0.3) is 0 Å². The van der Waals surface area contributed by atoms with Gasteiger partial charge in [-0.1, -0.05) is 31.2 Å². The van der Waals surface area contributed by atoms with E-state index in [-0.39, 0.29) is 34.7 Å². The first-order valence-corrected chi connectivity index (χ1v) is 11.7. The second-order valence-electron chi connectivity index (χ2n) is 7.25. The topological polar surface area (TPSA) is 113 Å². The fourth-order valence-corrected chi connectivity index (χ4v) is 3.64. The number of hydrogen-bond donors (Lipinski definition) is 2. The van der Waals surface area contributed by atoms with Crippen molar-refractivity contribution in [3.05, 3.63) is 59.7 Å². The number of carbonyl (C=O) groups excluding carboxylic acids is 3. The Labute approximate surface area is 182 Å². The minimum atomic E-state index is -3.81.